The lowest BCUT2D eigenvalue weighted by atomic mass is 9.71. The number of benzene rings is 2. The van der Waals surface area contributed by atoms with Gasteiger partial charge in [-0.25, -0.2) is 13.2 Å². The first-order valence-corrected chi connectivity index (χ1v) is 12.4. The number of rotatable bonds is 6. The Balaban J connectivity index is 1.64. The molecular formula is C27H27BrF3N2O2+. The van der Waals surface area contributed by atoms with Crippen molar-refractivity contribution in [1.29, 1.82) is 0 Å². The Morgan fingerprint density at radius 1 is 1.26 bits per heavy atom. The van der Waals surface area contributed by atoms with Crippen LogP contribution in [0.15, 0.2) is 55.3 Å². The second-order valence-electron chi connectivity index (χ2n) is 9.76. The smallest absolute Gasteiger partial charge is 0.198 e. The molecule has 1 N–H and O–H groups in total. The van der Waals surface area contributed by atoms with Gasteiger partial charge in [-0.2, -0.15) is 0 Å². The predicted molar refractivity (Wildman–Crippen MR) is 131 cm³/mol. The van der Waals surface area contributed by atoms with Gasteiger partial charge in [0.1, 0.15) is 24.2 Å². The maximum Gasteiger partial charge on any atom is 0.198 e. The maximum absolute atomic E-state index is 14.8. The van der Waals surface area contributed by atoms with Crippen molar-refractivity contribution in [3.05, 3.63) is 83.8 Å². The first kappa shape index (κ1) is 24.3. The molecule has 3 unspecified atom stereocenters. The van der Waals surface area contributed by atoms with Gasteiger partial charge < -0.3 is 14.3 Å². The van der Waals surface area contributed by atoms with Crippen molar-refractivity contribution in [2.75, 3.05) is 20.2 Å². The molecule has 0 aliphatic carbocycles. The summed E-state index contributed by atoms with van der Waals surface area (Å²) < 4.78 is 47.2. The van der Waals surface area contributed by atoms with Gasteiger partial charge in [0, 0.05) is 47.5 Å². The van der Waals surface area contributed by atoms with Crippen LogP contribution in [-0.4, -0.2) is 40.8 Å². The third-order valence-electron chi connectivity index (χ3n) is 7.94. The molecule has 35 heavy (non-hydrogen) atoms. The minimum atomic E-state index is -1.51. The van der Waals surface area contributed by atoms with E-state index in [0.29, 0.717) is 48.3 Å². The molecular weight excluding hydrogens is 521 g/mol. The third-order valence-corrected chi connectivity index (χ3v) is 8.89. The zero-order valence-corrected chi connectivity index (χ0v) is 20.9. The Kier molecular flexibility index (Phi) is 6.18. The number of nitrogens with zero attached hydrogens (tertiary/aromatic N) is 2. The van der Waals surface area contributed by atoms with Gasteiger partial charge in [-0.15, -0.1) is 6.58 Å². The van der Waals surface area contributed by atoms with E-state index in [-0.39, 0.29) is 22.5 Å². The fraction of sp³-hybridized carbons (Fsp3) is 0.370. The molecule has 6 rings (SSSR count). The number of hydrogen-bond acceptors (Lipinski definition) is 3. The third kappa shape index (κ3) is 4.05. The number of halogens is 4. The molecule has 0 spiro atoms. The maximum atomic E-state index is 14.8. The molecule has 8 heteroatoms. The normalized spacial score (nSPS) is 27.5. The van der Waals surface area contributed by atoms with Gasteiger partial charge in [0.15, 0.2) is 16.1 Å². The number of alkyl halides is 1. The van der Waals surface area contributed by atoms with Crippen LogP contribution in [0, 0.1) is 29.3 Å². The van der Waals surface area contributed by atoms with Gasteiger partial charge in [0.05, 0.1) is 25.7 Å². The summed E-state index contributed by atoms with van der Waals surface area (Å²) in [6.45, 7) is 5.29. The SMILES string of the molecule is C=CC1C[N+]2(Cc3cc(F)cc(F)c3F)CCC1C[C@H]2[C@](O)(Br)c1ccnc2ccc(OC)cc12. The van der Waals surface area contributed by atoms with Gasteiger partial charge in [-0.05, 0) is 52.2 Å². The largest absolute Gasteiger partial charge is 0.497 e. The quantitative estimate of drug-likeness (QED) is 0.183. The summed E-state index contributed by atoms with van der Waals surface area (Å²) in [6, 6.07) is 8.46. The van der Waals surface area contributed by atoms with Crippen molar-refractivity contribution < 1.29 is 27.5 Å². The van der Waals surface area contributed by atoms with Crippen LogP contribution in [0.4, 0.5) is 13.2 Å². The van der Waals surface area contributed by atoms with Crippen LogP contribution in [0.3, 0.4) is 0 Å². The van der Waals surface area contributed by atoms with Crippen molar-refractivity contribution >= 4 is 26.8 Å². The second-order valence-corrected chi connectivity index (χ2v) is 11.0. The first-order valence-electron chi connectivity index (χ1n) is 11.6. The average molecular weight is 548 g/mol. The standard InChI is InChI=1S/C27H27BrF3N2O2/c1-3-16-14-33(15-18-10-19(29)12-23(30)26(18)31)9-7-17(16)11-25(33)27(28,34)22-6-8-32-24-5-4-20(35-2)13-21(22)24/h3-6,8,10,12-13,16-17,25,34H,1,7,9,11,14-15H2,2H3/q+1/t16?,17?,25-,27-,33?/m0/s1. The lowest BCUT2D eigenvalue weighted by Gasteiger charge is -2.59. The number of aromatic nitrogens is 1. The molecule has 184 valence electrons. The molecule has 3 saturated heterocycles. The lowest BCUT2D eigenvalue weighted by molar-refractivity contribution is -0.986. The van der Waals surface area contributed by atoms with Gasteiger partial charge >= 0.3 is 0 Å². The molecule has 0 saturated carbocycles. The molecule has 3 aliphatic heterocycles. The number of piperidine rings is 3. The van der Waals surface area contributed by atoms with Crippen LogP contribution < -0.4 is 4.74 Å². The van der Waals surface area contributed by atoms with E-state index < -0.39 is 28.0 Å². The van der Waals surface area contributed by atoms with Gasteiger partial charge in [-0.3, -0.25) is 4.98 Å². The van der Waals surface area contributed by atoms with Crippen molar-refractivity contribution in [2.24, 2.45) is 11.8 Å². The molecule has 1 aromatic heterocycles. The van der Waals surface area contributed by atoms with Crippen LogP contribution in [0.1, 0.15) is 24.0 Å². The number of fused-ring (bicyclic) bond motifs is 4. The summed E-state index contributed by atoms with van der Waals surface area (Å²) in [4.78, 5) is 4.43. The van der Waals surface area contributed by atoms with E-state index in [4.69, 9.17) is 4.74 Å². The molecule has 4 heterocycles. The highest BCUT2D eigenvalue weighted by atomic mass is 79.9. The summed E-state index contributed by atoms with van der Waals surface area (Å²) in [7, 11) is 1.58. The Morgan fingerprint density at radius 3 is 2.80 bits per heavy atom. The van der Waals surface area contributed by atoms with E-state index in [2.05, 4.69) is 27.5 Å². The molecule has 3 fully saturated rings. The summed E-state index contributed by atoms with van der Waals surface area (Å²) in [6.07, 6.45) is 5.06. The Hall–Kier alpha value is -2.42. The lowest BCUT2D eigenvalue weighted by Crippen LogP contribution is -2.70. The highest BCUT2D eigenvalue weighted by molar-refractivity contribution is 9.09. The number of ether oxygens (including phenoxy) is 1. The fourth-order valence-electron chi connectivity index (χ4n) is 6.22. The van der Waals surface area contributed by atoms with E-state index >= 15 is 0 Å². The second kappa shape index (κ2) is 8.91. The summed E-state index contributed by atoms with van der Waals surface area (Å²) in [5.74, 6) is -1.96. The van der Waals surface area contributed by atoms with E-state index in [1.54, 1.807) is 19.4 Å². The Morgan fingerprint density at radius 2 is 2.06 bits per heavy atom. The number of aliphatic hydroxyl groups is 1. The average Bonchev–Trinajstić information content (AvgIpc) is 2.86. The summed E-state index contributed by atoms with van der Waals surface area (Å²) >= 11 is 3.66. The zero-order chi connectivity index (χ0) is 25.0. The monoisotopic (exact) mass is 547 g/mol. The number of methoxy groups -OCH3 is 1. The molecule has 0 amide bonds. The Labute approximate surface area is 210 Å². The summed E-state index contributed by atoms with van der Waals surface area (Å²) in [5, 5.41) is 12.9. The topological polar surface area (TPSA) is 42.4 Å². The molecule has 5 atom stereocenters. The van der Waals surface area contributed by atoms with Gasteiger partial charge in [0.25, 0.3) is 0 Å². The number of quaternary nitrogens is 1. The van der Waals surface area contributed by atoms with E-state index in [1.807, 2.05) is 24.3 Å². The minimum absolute atomic E-state index is 0.0276. The van der Waals surface area contributed by atoms with Crippen LogP contribution >= 0.6 is 15.9 Å². The van der Waals surface area contributed by atoms with Gasteiger partial charge in [0.2, 0.25) is 0 Å². The van der Waals surface area contributed by atoms with Crippen molar-refractivity contribution in [3.63, 3.8) is 0 Å². The highest BCUT2D eigenvalue weighted by Crippen LogP contribution is 2.52. The molecule has 2 aromatic carbocycles. The number of pyridine rings is 1. The van der Waals surface area contributed by atoms with E-state index in [9.17, 15) is 18.3 Å². The molecule has 2 bridgehead atoms. The predicted octanol–water partition coefficient (Wildman–Crippen LogP) is 5.81. The number of hydrogen-bond donors (Lipinski definition) is 1. The highest BCUT2D eigenvalue weighted by Gasteiger charge is 2.59. The molecule has 3 aromatic rings. The van der Waals surface area contributed by atoms with E-state index in [0.717, 1.165) is 17.9 Å². The zero-order valence-electron chi connectivity index (χ0n) is 19.4. The molecule has 4 nitrogen and oxygen atoms in total. The fourth-order valence-corrected chi connectivity index (χ4v) is 7.19. The van der Waals surface area contributed by atoms with Crippen LogP contribution in [0.5, 0.6) is 5.75 Å². The van der Waals surface area contributed by atoms with Crippen molar-refractivity contribution in [3.8, 4) is 5.75 Å². The van der Waals surface area contributed by atoms with Crippen LogP contribution in [0.25, 0.3) is 10.9 Å². The Bertz CT molecular complexity index is 1300. The molecule has 3 aliphatic rings. The van der Waals surface area contributed by atoms with Crippen molar-refractivity contribution in [2.45, 2.75) is 29.9 Å². The van der Waals surface area contributed by atoms with Crippen LogP contribution in [0.2, 0.25) is 0 Å². The molecule has 0 radical (unpaired) electrons. The minimum Gasteiger partial charge on any atom is -0.497 e. The van der Waals surface area contributed by atoms with Crippen LogP contribution in [-0.2, 0) is 11.1 Å². The summed E-state index contributed by atoms with van der Waals surface area (Å²) in [5.41, 5.74) is 1.30. The first-order chi connectivity index (χ1) is 16.7. The van der Waals surface area contributed by atoms with E-state index in [1.165, 1.54) is 0 Å². The van der Waals surface area contributed by atoms with Crippen molar-refractivity contribution in [1.82, 2.24) is 4.98 Å². The van der Waals surface area contributed by atoms with Gasteiger partial charge in [-0.1, -0.05) is 6.08 Å².